The van der Waals surface area contributed by atoms with E-state index in [1.54, 1.807) is 6.92 Å². The van der Waals surface area contributed by atoms with Gasteiger partial charge in [-0.05, 0) is 52.1 Å². The minimum Gasteiger partial charge on any atom is -0.300 e. The number of likely N-dealkylation sites (tertiary alicyclic amines) is 1. The van der Waals surface area contributed by atoms with Gasteiger partial charge < -0.3 is 0 Å². The molecule has 0 N–H and O–H groups in total. The number of rotatable bonds is 8. The molecule has 1 unspecified atom stereocenters. The molecule has 1 aliphatic rings. The van der Waals surface area contributed by atoms with E-state index in [2.05, 4.69) is 11.5 Å². The van der Waals surface area contributed by atoms with E-state index in [1.165, 1.54) is 58.0 Å². The zero-order valence-corrected chi connectivity index (χ0v) is 12.0. The molecular weight excluding hydrogens is 222 g/mol. The number of hydrogen-bond acceptors (Lipinski definition) is 2. The maximum Gasteiger partial charge on any atom is 0.131 e. The Labute approximate surface area is 112 Å². The van der Waals surface area contributed by atoms with E-state index in [9.17, 15) is 4.79 Å². The van der Waals surface area contributed by atoms with Crippen molar-refractivity contribution >= 4 is 5.78 Å². The van der Waals surface area contributed by atoms with E-state index in [0.717, 1.165) is 12.8 Å². The van der Waals surface area contributed by atoms with Gasteiger partial charge in [-0.1, -0.05) is 25.3 Å². The Balaban J connectivity index is 2.31. The van der Waals surface area contributed by atoms with Gasteiger partial charge in [0.1, 0.15) is 5.78 Å². The Morgan fingerprint density at radius 1 is 1.28 bits per heavy atom. The summed E-state index contributed by atoms with van der Waals surface area (Å²) in [6.45, 7) is 7.86. The van der Waals surface area contributed by atoms with Crippen LogP contribution in [0.2, 0.25) is 0 Å². The number of allylic oxidation sites excluding steroid dienone is 1. The topological polar surface area (TPSA) is 20.3 Å². The number of hydrogen-bond donors (Lipinski definition) is 0. The third-order valence-electron chi connectivity index (χ3n) is 3.88. The lowest BCUT2D eigenvalue weighted by molar-refractivity contribution is -0.118. The summed E-state index contributed by atoms with van der Waals surface area (Å²) in [6, 6.07) is 0.518. The molecule has 1 aliphatic heterocycles. The average Bonchev–Trinajstić information content (AvgIpc) is 2.54. The van der Waals surface area contributed by atoms with Gasteiger partial charge in [0.2, 0.25) is 0 Å². The quantitative estimate of drug-likeness (QED) is 0.481. The molecule has 1 fully saturated rings. The number of unbranched alkanes of at least 4 members (excludes halogenated alkanes) is 3. The van der Waals surface area contributed by atoms with Crippen LogP contribution in [0.3, 0.4) is 0 Å². The van der Waals surface area contributed by atoms with Crippen LogP contribution in [0.1, 0.15) is 64.7 Å². The maximum atomic E-state index is 11.3. The predicted octanol–water partition coefficient (Wildman–Crippen LogP) is 3.96. The molecule has 0 saturated carbocycles. The van der Waals surface area contributed by atoms with Crippen molar-refractivity contribution < 1.29 is 4.79 Å². The molecule has 1 saturated heterocycles. The molecule has 0 radical (unpaired) electrons. The van der Waals surface area contributed by atoms with E-state index in [-0.39, 0.29) is 0 Å². The van der Waals surface area contributed by atoms with Crippen LogP contribution in [0.25, 0.3) is 0 Å². The van der Waals surface area contributed by atoms with Crippen molar-refractivity contribution in [3.05, 3.63) is 12.7 Å². The number of Topliss-reactive ketones (excluding diaryl/α,β-unsaturated/α-hetero) is 1. The lowest BCUT2D eigenvalue weighted by atomic mass is 10.0. The molecule has 0 aliphatic carbocycles. The normalized spacial score (nSPS) is 21.5. The van der Waals surface area contributed by atoms with Crippen LogP contribution in [0.4, 0.5) is 0 Å². The van der Waals surface area contributed by atoms with Crippen LogP contribution in [0.15, 0.2) is 12.7 Å². The van der Waals surface area contributed by atoms with Crippen molar-refractivity contribution in [2.45, 2.75) is 70.8 Å². The minimum atomic E-state index is 0.346. The third-order valence-corrected chi connectivity index (χ3v) is 3.88. The van der Waals surface area contributed by atoms with Gasteiger partial charge in [0.25, 0.3) is 0 Å². The van der Waals surface area contributed by atoms with Crippen LogP contribution in [0, 0.1) is 0 Å². The van der Waals surface area contributed by atoms with Gasteiger partial charge in [-0.25, -0.2) is 0 Å². The highest BCUT2D eigenvalue weighted by atomic mass is 16.1. The van der Waals surface area contributed by atoms with Gasteiger partial charge >= 0.3 is 0 Å². The van der Waals surface area contributed by atoms with Crippen molar-refractivity contribution in [2.75, 3.05) is 13.1 Å². The molecule has 0 amide bonds. The van der Waals surface area contributed by atoms with Gasteiger partial charge in [-0.2, -0.15) is 0 Å². The molecule has 0 bridgehead atoms. The second-order valence-electron chi connectivity index (χ2n) is 5.58. The van der Waals surface area contributed by atoms with Crippen molar-refractivity contribution in [3.8, 4) is 0 Å². The number of carbonyl (C=O) groups is 1. The van der Waals surface area contributed by atoms with E-state index < -0.39 is 0 Å². The first-order valence-electron chi connectivity index (χ1n) is 7.58. The number of carbonyl (C=O) groups excluding carboxylic acids is 1. The Morgan fingerprint density at radius 2 is 2.11 bits per heavy atom. The molecule has 0 aromatic carbocycles. The predicted molar refractivity (Wildman–Crippen MR) is 77.8 cm³/mol. The molecule has 2 heteroatoms. The lowest BCUT2D eigenvalue weighted by Gasteiger charge is -2.29. The molecule has 104 valence electrons. The maximum absolute atomic E-state index is 11.3. The van der Waals surface area contributed by atoms with E-state index >= 15 is 0 Å². The van der Waals surface area contributed by atoms with Crippen LogP contribution in [-0.4, -0.2) is 29.8 Å². The highest BCUT2D eigenvalue weighted by Crippen LogP contribution is 2.20. The second-order valence-corrected chi connectivity index (χ2v) is 5.58. The Kier molecular flexibility index (Phi) is 7.99. The molecular formula is C16H29NO. The summed E-state index contributed by atoms with van der Waals surface area (Å²) in [4.78, 5) is 13.9. The summed E-state index contributed by atoms with van der Waals surface area (Å²) in [5, 5.41) is 0. The molecule has 1 atom stereocenters. The van der Waals surface area contributed by atoms with Crippen LogP contribution < -0.4 is 0 Å². The summed E-state index contributed by atoms with van der Waals surface area (Å²) in [6.07, 6.45) is 12.9. The highest BCUT2D eigenvalue weighted by Gasteiger charge is 2.21. The van der Waals surface area contributed by atoms with Gasteiger partial charge in [-0.3, -0.25) is 9.69 Å². The summed E-state index contributed by atoms with van der Waals surface area (Å²) in [5.41, 5.74) is 0. The fourth-order valence-corrected chi connectivity index (χ4v) is 2.87. The van der Waals surface area contributed by atoms with Gasteiger partial charge in [0.15, 0.2) is 0 Å². The third kappa shape index (κ3) is 6.34. The molecule has 1 heterocycles. The summed E-state index contributed by atoms with van der Waals surface area (Å²) in [7, 11) is 0. The SMILES string of the molecule is C=CCCCCCN1CCCCCC1CC(C)=O. The van der Waals surface area contributed by atoms with Crippen LogP contribution in [-0.2, 0) is 4.79 Å². The van der Waals surface area contributed by atoms with Crippen LogP contribution >= 0.6 is 0 Å². The standard InChI is InChI=1S/C16H29NO/c1-3-4-5-6-9-12-17-13-10-7-8-11-16(17)14-15(2)18/h3,16H,1,4-14H2,2H3. The van der Waals surface area contributed by atoms with E-state index in [0.29, 0.717) is 11.8 Å². The van der Waals surface area contributed by atoms with Crippen molar-refractivity contribution in [2.24, 2.45) is 0 Å². The molecule has 0 aromatic rings. The Bertz CT molecular complexity index is 249. The molecule has 0 aromatic heterocycles. The zero-order valence-electron chi connectivity index (χ0n) is 12.0. The minimum absolute atomic E-state index is 0.346. The first-order valence-corrected chi connectivity index (χ1v) is 7.58. The highest BCUT2D eigenvalue weighted by molar-refractivity contribution is 5.76. The van der Waals surface area contributed by atoms with Gasteiger partial charge in [0.05, 0.1) is 0 Å². The van der Waals surface area contributed by atoms with Crippen molar-refractivity contribution in [3.63, 3.8) is 0 Å². The Morgan fingerprint density at radius 3 is 2.83 bits per heavy atom. The first kappa shape index (κ1) is 15.4. The zero-order chi connectivity index (χ0) is 13.2. The lowest BCUT2D eigenvalue weighted by Crippen LogP contribution is -2.36. The first-order chi connectivity index (χ1) is 8.74. The van der Waals surface area contributed by atoms with Gasteiger partial charge in [0, 0.05) is 12.5 Å². The van der Waals surface area contributed by atoms with E-state index in [4.69, 9.17) is 0 Å². The smallest absolute Gasteiger partial charge is 0.131 e. The number of ketones is 1. The van der Waals surface area contributed by atoms with Gasteiger partial charge in [-0.15, -0.1) is 6.58 Å². The summed E-state index contributed by atoms with van der Waals surface area (Å²) in [5.74, 6) is 0.346. The van der Waals surface area contributed by atoms with E-state index in [1.807, 2.05) is 6.08 Å². The molecule has 2 nitrogen and oxygen atoms in total. The molecule has 0 spiro atoms. The Hall–Kier alpha value is -0.630. The molecule has 18 heavy (non-hydrogen) atoms. The summed E-state index contributed by atoms with van der Waals surface area (Å²) < 4.78 is 0. The van der Waals surface area contributed by atoms with Crippen molar-refractivity contribution in [1.82, 2.24) is 4.90 Å². The monoisotopic (exact) mass is 251 g/mol. The molecule has 1 rings (SSSR count). The second kappa shape index (κ2) is 9.32. The fraction of sp³-hybridized carbons (Fsp3) is 0.812. The largest absolute Gasteiger partial charge is 0.300 e. The number of nitrogens with zero attached hydrogens (tertiary/aromatic N) is 1. The van der Waals surface area contributed by atoms with Crippen LogP contribution in [0.5, 0.6) is 0 Å². The fourth-order valence-electron chi connectivity index (χ4n) is 2.87. The average molecular weight is 251 g/mol. The van der Waals surface area contributed by atoms with Crippen molar-refractivity contribution in [1.29, 1.82) is 0 Å². The summed E-state index contributed by atoms with van der Waals surface area (Å²) >= 11 is 0.